The molecule has 2 aliphatic heterocycles. The molecule has 582 valence electrons. The van der Waals surface area contributed by atoms with Crippen LogP contribution in [0.15, 0.2) is 12.7 Å². The highest BCUT2D eigenvalue weighted by Gasteiger charge is 2.45. The maximum Gasteiger partial charge on any atom is 0.391 e. The van der Waals surface area contributed by atoms with Crippen LogP contribution in [-0.2, 0) is 67.1 Å². The fourth-order valence-corrected chi connectivity index (χ4v) is 15.0. The first-order valence-electron chi connectivity index (χ1n) is 37.2. The van der Waals surface area contributed by atoms with Crippen molar-refractivity contribution in [1.82, 2.24) is 60.5 Å². The molecule has 5 aliphatic rings. The van der Waals surface area contributed by atoms with E-state index in [1.54, 1.807) is 13.8 Å². The maximum absolute atomic E-state index is 15.6. The molecular formula is C73H118ClF3N12O14. The number of ether oxygens (including phenoxy) is 1. The van der Waals surface area contributed by atoms with Gasteiger partial charge in [-0.05, 0) is 139 Å². The molecule has 0 aromatic rings. The third-order valence-electron chi connectivity index (χ3n) is 22.0. The number of alkyl halides is 4. The van der Waals surface area contributed by atoms with Crippen LogP contribution < -0.4 is 21.3 Å². The van der Waals surface area contributed by atoms with Gasteiger partial charge in [0.25, 0.3) is 0 Å². The Morgan fingerprint density at radius 1 is 0.573 bits per heavy atom. The van der Waals surface area contributed by atoms with Gasteiger partial charge >= 0.3 is 12.1 Å². The Balaban J connectivity index is 1.64. The summed E-state index contributed by atoms with van der Waals surface area (Å²) in [5.74, 6) is -12.4. The first-order chi connectivity index (χ1) is 48.5. The third-order valence-corrected chi connectivity index (χ3v) is 22.4. The van der Waals surface area contributed by atoms with Crippen LogP contribution in [0.25, 0.3) is 0 Å². The van der Waals surface area contributed by atoms with E-state index in [0.29, 0.717) is 70.9 Å². The van der Waals surface area contributed by atoms with E-state index in [1.807, 2.05) is 13.8 Å². The van der Waals surface area contributed by atoms with Crippen molar-refractivity contribution in [3.8, 4) is 0 Å². The molecule has 0 bridgehead atoms. The van der Waals surface area contributed by atoms with Gasteiger partial charge in [-0.2, -0.15) is 13.2 Å². The van der Waals surface area contributed by atoms with Crippen LogP contribution in [0, 0.1) is 35.5 Å². The summed E-state index contributed by atoms with van der Waals surface area (Å²) in [6.45, 7) is 10.9. The number of halogens is 4. The van der Waals surface area contributed by atoms with Crippen LogP contribution >= 0.6 is 11.6 Å². The standard InChI is InChI=1S/C73H118ClF3N12O14/c1-14-37-103-63(94)34-33-54-68(98)88(13)58(39-49-21-17-16-18-22-49)71(101)87(12)56(38-45(3)4)67(97)80-55(69(99)89-35-19-20-36-89)41-60(91)85(10)47(6)65(95)81-64(46(5)15-2)72(102)84(9)43-61(92)82(7)44-62(93)86(11)57(40-50-25-30-52(74)31-26-50)70(100)83(8)42-59(90)78-53(66(96)79-54)32-27-48-23-28-51(29-24-48)73(75,76)77/h14,45-58,64H,1,15-44H2,2-13H3,(H,78,90)(H,79,96)(H,80,97)(H,81,95)/t46-,47-,48?,50?,51?,52?,53-,54-,55-,56-,57-,58-,64-/m0/s1. The number of carbonyl (C=O) groups excluding carboxylic acids is 13. The monoisotopic (exact) mass is 1480 g/mol. The van der Waals surface area contributed by atoms with Crippen molar-refractivity contribution in [3.05, 3.63) is 12.7 Å². The number of nitrogens with one attached hydrogen (secondary N) is 4. The van der Waals surface area contributed by atoms with E-state index in [9.17, 15) is 56.3 Å². The number of carbonyl (C=O) groups is 13. The summed E-state index contributed by atoms with van der Waals surface area (Å²) in [4.78, 5) is 200. The summed E-state index contributed by atoms with van der Waals surface area (Å²) < 4.78 is 47.0. The Labute approximate surface area is 612 Å². The number of esters is 1. The minimum atomic E-state index is -4.40. The third kappa shape index (κ3) is 25.9. The summed E-state index contributed by atoms with van der Waals surface area (Å²) in [6.07, 6.45) is 3.98. The molecule has 4 N–H and O–H groups in total. The highest BCUT2D eigenvalue weighted by Crippen LogP contribution is 2.41. The predicted octanol–water partition coefficient (Wildman–Crippen LogP) is 5.56. The number of nitrogens with zero attached hydrogens (tertiary/aromatic N) is 8. The largest absolute Gasteiger partial charge is 0.461 e. The molecule has 5 fully saturated rings. The van der Waals surface area contributed by atoms with Gasteiger partial charge in [0.15, 0.2) is 0 Å². The fourth-order valence-electron chi connectivity index (χ4n) is 14.7. The fraction of sp³-hybridized carbons (Fsp3) is 0.795. The molecule has 0 radical (unpaired) electrons. The zero-order valence-corrected chi connectivity index (χ0v) is 63.7. The first kappa shape index (κ1) is 86.6. The van der Waals surface area contributed by atoms with Crippen LogP contribution in [0.5, 0.6) is 0 Å². The number of rotatable bonds is 17. The van der Waals surface area contributed by atoms with Gasteiger partial charge in [-0.3, -0.25) is 62.3 Å². The average Bonchev–Trinajstić information content (AvgIpc) is 1.78. The quantitative estimate of drug-likeness (QED) is 0.0787. The lowest BCUT2D eigenvalue weighted by Gasteiger charge is -2.38. The lowest BCUT2D eigenvalue weighted by Crippen LogP contribution is -2.60. The second-order valence-electron chi connectivity index (χ2n) is 30.2. The first-order valence-corrected chi connectivity index (χ1v) is 37.7. The molecule has 3 saturated carbocycles. The molecule has 30 heteroatoms. The molecule has 5 rings (SSSR count). The zero-order chi connectivity index (χ0) is 76.7. The van der Waals surface area contributed by atoms with Crippen molar-refractivity contribution in [2.45, 2.75) is 249 Å². The average molecular weight is 1480 g/mol. The topological polar surface area (TPSA) is 305 Å². The SMILES string of the molecule is C=CCOC(=O)CC[C@@H]1NC(=O)[C@H](CCC2CCC(C(F)(F)F)CC2)NC(=O)CN(C)C(=O)[C@H](CC2CCC(Cl)CC2)N(C)C(=O)CN(C)C(=O)CN(C)C(=O)[C@H]([C@@H](C)CC)NC(=O)[C@H](C)N(C)C(=O)C[C@@H](C(=O)N2CCCC2)NC(=O)[C@H](CC(C)C)N(C)C(=O)[C@H](CC2CCCCC2)N(C)C1=O. The van der Waals surface area contributed by atoms with Gasteiger partial charge in [0.05, 0.1) is 32.0 Å². The van der Waals surface area contributed by atoms with Crippen LogP contribution in [-0.4, -0.2) is 265 Å². The van der Waals surface area contributed by atoms with Gasteiger partial charge in [0.1, 0.15) is 54.9 Å². The van der Waals surface area contributed by atoms with Crippen molar-refractivity contribution in [3.63, 3.8) is 0 Å². The van der Waals surface area contributed by atoms with E-state index in [-0.39, 0.29) is 93.4 Å². The minimum absolute atomic E-state index is 0.0349. The van der Waals surface area contributed by atoms with E-state index in [4.69, 9.17) is 16.3 Å². The molecule has 103 heavy (non-hydrogen) atoms. The second kappa shape index (κ2) is 41.0. The molecule has 9 atom stereocenters. The number of amides is 12. The number of likely N-dealkylation sites (tertiary alicyclic amines) is 1. The van der Waals surface area contributed by atoms with E-state index >= 15 is 19.2 Å². The Morgan fingerprint density at radius 2 is 1.14 bits per heavy atom. The van der Waals surface area contributed by atoms with E-state index < -0.39 is 182 Å². The highest BCUT2D eigenvalue weighted by molar-refractivity contribution is 6.20. The molecule has 3 aliphatic carbocycles. The Kier molecular flexibility index (Phi) is 34.5. The van der Waals surface area contributed by atoms with Crippen LogP contribution in [0.2, 0.25) is 0 Å². The van der Waals surface area contributed by atoms with E-state index in [2.05, 4.69) is 27.8 Å². The number of likely N-dealkylation sites (N-methyl/N-ethyl adjacent to an activating group) is 7. The number of hydrogen-bond acceptors (Lipinski definition) is 14. The Hall–Kier alpha value is -7.07. The van der Waals surface area contributed by atoms with Gasteiger partial charge in [-0.1, -0.05) is 78.9 Å². The summed E-state index contributed by atoms with van der Waals surface area (Å²) in [5.41, 5.74) is 0. The second-order valence-corrected chi connectivity index (χ2v) is 30.8. The normalized spacial score (nSPS) is 28.8. The van der Waals surface area contributed by atoms with Gasteiger partial charge in [-0.15, -0.1) is 11.6 Å². The Bertz CT molecular complexity index is 2940. The Morgan fingerprint density at radius 3 is 1.72 bits per heavy atom. The number of hydrogen-bond donors (Lipinski definition) is 4. The molecule has 0 aromatic heterocycles. The molecule has 0 aromatic carbocycles. The highest BCUT2D eigenvalue weighted by atomic mass is 35.5. The summed E-state index contributed by atoms with van der Waals surface area (Å²) in [5, 5.41) is 11.0. The van der Waals surface area contributed by atoms with Crippen LogP contribution in [0.1, 0.15) is 189 Å². The molecule has 2 saturated heterocycles. The van der Waals surface area contributed by atoms with Crippen molar-refractivity contribution < 1.29 is 80.2 Å². The van der Waals surface area contributed by atoms with Crippen molar-refractivity contribution in [2.24, 2.45) is 35.5 Å². The lowest BCUT2D eigenvalue weighted by atomic mass is 9.79. The van der Waals surface area contributed by atoms with E-state index in [1.165, 1.54) is 81.9 Å². The summed E-state index contributed by atoms with van der Waals surface area (Å²) in [6, 6.07) is -10.9. The molecule has 2 heterocycles. The maximum atomic E-state index is 15.6. The van der Waals surface area contributed by atoms with Gasteiger partial charge in [-0.25, -0.2) is 0 Å². The van der Waals surface area contributed by atoms with Gasteiger partial charge in [0, 0.05) is 74.2 Å². The smallest absolute Gasteiger partial charge is 0.391 e. The van der Waals surface area contributed by atoms with Gasteiger partial charge in [0.2, 0.25) is 70.9 Å². The van der Waals surface area contributed by atoms with Crippen molar-refractivity contribution in [1.29, 1.82) is 0 Å². The molecule has 0 unspecified atom stereocenters. The molecule has 0 spiro atoms. The van der Waals surface area contributed by atoms with Gasteiger partial charge < -0.3 is 65.2 Å². The molecule has 26 nitrogen and oxygen atoms in total. The zero-order valence-electron chi connectivity index (χ0n) is 63.0. The summed E-state index contributed by atoms with van der Waals surface area (Å²) >= 11 is 6.50. The van der Waals surface area contributed by atoms with E-state index in [0.717, 1.165) is 38.9 Å². The van der Waals surface area contributed by atoms with Crippen molar-refractivity contribution >= 4 is 88.5 Å². The lowest BCUT2D eigenvalue weighted by molar-refractivity contribution is -0.184. The molecular weight excluding hydrogens is 1360 g/mol. The minimum Gasteiger partial charge on any atom is -0.461 e. The summed E-state index contributed by atoms with van der Waals surface area (Å²) in [7, 11) is 9.58. The van der Waals surface area contributed by atoms with Crippen molar-refractivity contribution in [2.75, 3.05) is 88.7 Å². The predicted molar refractivity (Wildman–Crippen MR) is 380 cm³/mol. The van der Waals surface area contributed by atoms with Crippen LogP contribution in [0.3, 0.4) is 0 Å². The van der Waals surface area contributed by atoms with Crippen LogP contribution in [0.4, 0.5) is 13.2 Å². The molecule has 12 amide bonds.